The van der Waals surface area contributed by atoms with Gasteiger partial charge in [-0.3, -0.25) is 14.5 Å². The lowest BCUT2D eigenvalue weighted by molar-refractivity contribution is -0.137. The molecule has 0 aromatic heterocycles. The van der Waals surface area contributed by atoms with Crippen molar-refractivity contribution >= 4 is 52.1 Å². The Morgan fingerprint density at radius 1 is 1.00 bits per heavy atom. The highest BCUT2D eigenvalue weighted by molar-refractivity contribution is 7.80. The summed E-state index contributed by atoms with van der Waals surface area (Å²) in [5, 5.41) is 3.25. The van der Waals surface area contributed by atoms with Gasteiger partial charge in [0.05, 0.1) is 17.7 Å². The Morgan fingerprint density at radius 3 is 2.34 bits per heavy atom. The maximum absolute atomic E-state index is 13.4. The maximum atomic E-state index is 13.4. The summed E-state index contributed by atoms with van der Waals surface area (Å²) in [5.41, 5.74) is 0.422. The number of anilines is 2. The number of thiocarbonyl (C=S) groups is 1. The monoisotopic (exact) mass is 517 g/mol. The highest BCUT2D eigenvalue weighted by Gasteiger charge is 2.44. The summed E-state index contributed by atoms with van der Waals surface area (Å²) in [7, 11) is 0. The topological polar surface area (TPSA) is 52.7 Å². The summed E-state index contributed by atoms with van der Waals surface area (Å²) < 4.78 is 39.9. The molecule has 1 saturated heterocycles. The molecule has 3 aromatic carbocycles. The number of alkyl halides is 3. The summed E-state index contributed by atoms with van der Waals surface area (Å²) in [4.78, 5) is 28.9. The summed E-state index contributed by atoms with van der Waals surface area (Å²) in [6.45, 7) is 0.208. The third-order valence-corrected chi connectivity index (χ3v) is 6.12. The van der Waals surface area contributed by atoms with Crippen molar-refractivity contribution in [1.29, 1.82) is 0 Å². The molecular formula is C25H19ClF3N3O2S. The van der Waals surface area contributed by atoms with Crippen molar-refractivity contribution in [3.63, 3.8) is 0 Å². The predicted molar refractivity (Wildman–Crippen MR) is 132 cm³/mol. The first-order chi connectivity index (χ1) is 16.6. The van der Waals surface area contributed by atoms with Crippen LogP contribution in [0.15, 0.2) is 78.9 Å². The van der Waals surface area contributed by atoms with Crippen LogP contribution in [0.3, 0.4) is 0 Å². The minimum absolute atomic E-state index is 0.00602. The molecule has 0 aliphatic carbocycles. The van der Waals surface area contributed by atoms with Gasteiger partial charge in [0.25, 0.3) is 5.91 Å². The van der Waals surface area contributed by atoms with Crippen LogP contribution in [-0.4, -0.2) is 27.9 Å². The molecular weight excluding hydrogens is 499 g/mol. The van der Waals surface area contributed by atoms with Gasteiger partial charge in [-0.15, -0.1) is 0 Å². The largest absolute Gasteiger partial charge is 0.416 e. The van der Waals surface area contributed by atoms with Crippen molar-refractivity contribution in [2.45, 2.75) is 25.2 Å². The van der Waals surface area contributed by atoms with Gasteiger partial charge < -0.3 is 10.2 Å². The molecule has 0 spiro atoms. The fraction of sp³-hybridized carbons (Fsp3) is 0.160. The van der Waals surface area contributed by atoms with E-state index in [4.69, 9.17) is 23.8 Å². The van der Waals surface area contributed by atoms with Gasteiger partial charge in [0.1, 0.15) is 6.04 Å². The van der Waals surface area contributed by atoms with E-state index in [0.717, 1.165) is 22.6 Å². The second-order valence-electron chi connectivity index (χ2n) is 7.89. The molecule has 1 fully saturated rings. The average Bonchev–Trinajstić information content (AvgIpc) is 3.04. The number of nitrogens with one attached hydrogen (secondary N) is 1. The lowest BCUT2D eigenvalue weighted by Crippen LogP contribution is -2.37. The van der Waals surface area contributed by atoms with E-state index < -0.39 is 29.6 Å². The van der Waals surface area contributed by atoms with Gasteiger partial charge >= 0.3 is 6.18 Å². The van der Waals surface area contributed by atoms with E-state index in [1.54, 1.807) is 29.2 Å². The molecule has 0 radical (unpaired) electrons. The lowest BCUT2D eigenvalue weighted by atomic mass is 10.1. The number of rotatable bonds is 6. The molecule has 1 atom stereocenters. The number of halogens is 4. The van der Waals surface area contributed by atoms with Crippen LogP contribution in [0.25, 0.3) is 0 Å². The van der Waals surface area contributed by atoms with Gasteiger partial charge in [0.15, 0.2) is 5.11 Å². The SMILES string of the molecule is O=C(CC1C(=O)N(c2cccc(C(F)(F)F)c2)C(=S)N1Cc1ccccc1)Nc1ccc(Cl)cc1. The molecule has 10 heteroatoms. The minimum Gasteiger partial charge on any atom is -0.332 e. The molecule has 1 unspecified atom stereocenters. The Balaban J connectivity index is 1.63. The molecule has 1 aliphatic rings. The van der Waals surface area contributed by atoms with Crippen molar-refractivity contribution in [2.24, 2.45) is 0 Å². The van der Waals surface area contributed by atoms with E-state index in [2.05, 4.69) is 5.32 Å². The highest BCUT2D eigenvalue weighted by atomic mass is 35.5. The molecule has 0 saturated carbocycles. The Hall–Kier alpha value is -3.43. The maximum Gasteiger partial charge on any atom is 0.416 e. The summed E-state index contributed by atoms with van der Waals surface area (Å²) in [6, 6.07) is 19.0. The van der Waals surface area contributed by atoms with E-state index in [-0.39, 0.29) is 23.8 Å². The fourth-order valence-electron chi connectivity index (χ4n) is 3.77. The average molecular weight is 518 g/mol. The van der Waals surface area contributed by atoms with Crippen molar-refractivity contribution in [1.82, 2.24) is 4.90 Å². The second kappa shape index (κ2) is 10.1. The van der Waals surface area contributed by atoms with E-state index >= 15 is 0 Å². The number of hydrogen-bond donors (Lipinski definition) is 1. The molecule has 180 valence electrons. The number of benzene rings is 3. The first kappa shape index (κ1) is 24.7. The number of hydrogen-bond acceptors (Lipinski definition) is 3. The van der Waals surface area contributed by atoms with Crippen LogP contribution >= 0.6 is 23.8 Å². The van der Waals surface area contributed by atoms with Crippen LogP contribution < -0.4 is 10.2 Å². The Kier molecular flexibility index (Phi) is 7.09. The molecule has 1 N–H and O–H groups in total. The van der Waals surface area contributed by atoms with E-state index in [0.29, 0.717) is 10.7 Å². The van der Waals surface area contributed by atoms with Gasteiger partial charge in [0, 0.05) is 17.3 Å². The van der Waals surface area contributed by atoms with E-state index in [1.165, 1.54) is 12.1 Å². The van der Waals surface area contributed by atoms with Crippen LogP contribution in [0.5, 0.6) is 0 Å². The highest BCUT2D eigenvalue weighted by Crippen LogP contribution is 2.34. The number of nitrogens with zero attached hydrogens (tertiary/aromatic N) is 2. The number of amides is 2. The fourth-order valence-corrected chi connectivity index (χ4v) is 4.29. The molecule has 0 bridgehead atoms. The molecule has 1 heterocycles. The molecule has 4 rings (SSSR count). The first-order valence-corrected chi connectivity index (χ1v) is 11.3. The summed E-state index contributed by atoms with van der Waals surface area (Å²) in [5.74, 6) is -1.02. The Bertz CT molecular complexity index is 1250. The van der Waals surface area contributed by atoms with Crippen LogP contribution in [0, 0.1) is 0 Å². The van der Waals surface area contributed by atoms with Gasteiger partial charge in [-0.05, 0) is 60.2 Å². The summed E-state index contributed by atoms with van der Waals surface area (Å²) in [6.07, 6.45) is -4.83. The van der Waals surface area contributed by atoms with E-state index in [1.807, 2.05) is 30.3 Å². The van der Waals surface area contributed by atoms with Gasteiger partial charge in [-0.2, -0.15) is 13.2 Å². The lowest BCUT2D eigenvalue weighted by Gasteiger charge is -2.24. The zero-order valence-corrected chi connectivity index (χ0v) is 19.7. The zero-order chi connectivity index (χ0) is 25.2. The van der Waals surface area contributed by atoms with Crippen molar-refractivity contribution < 1.29 is 22.8 Å². The number of carbonyl (C=O) groups is 2. The quantitative estimate of drug-likeness (QED) is 0.414. The third-order valence-electron chi connectivity index (χ3n) is 5.45. The zero-order valence-electron chi connectivity index (χ0n) is 18.1. The van der Waals surface area contributed by atoms with E-state index in [9.17, 15) is 22.8 Å². The van der Waals surface area contributed by atoms with Crippen LogP contribution in [0.4, 0.5) is 24.5 Å². The number of carbonyl (C=O) groups excluding carboxylic acids is 2. The molecule has 1 aliphatic heterocycles. The second-order valence-corrected chi connectivity index (χ2v) is 8.69. The van der Waals surface area contributed by atoms with Crippen LogP contribution in [0.1, 0.15) is 17.5 Å². The third kappa shape index (κ3) is 5.63. The predicted octanol–water partition coefficient (Wildman–Crippen LogP) is 5.89. The minimum atomic E-state index is -4.58. The molecule has 35 heavy (non-hydrogen) atoms. The molecule has 2 amide bonds. The van der Waals surface area contributed by atoms with Crippen molar-refractivity contribution in [3.05, 3.63) is 95.0 Å². The van der Waals surface area contributed by atoms with Gasteiger partial charge in [-0.25, -0.2) is 0 Å². The summed E-state index contributed by atoms with van der Waals surface area (Å²) >= 11 is 11.4. The normalized spacial score (nSPS) is 16.1. The van der Waals surface area contributed by atoms with Gasteiger partial charge in [-0.1, -0.05) is 48.0 Å². The van der Waals surface area contributed by atoms with Crippen molar-refractivity contribution in [3.8, 4) is 0 Å². The molecule has 3 aromatic rings. The molecule has 5 nitrogen and oxygen atoms in total. The van der Waals surface area contributed by atoms with Crippen molar-refractivity contribution in [2.75, 3.05) is 10.2 Å². The first-order valence-electron chi connectivity index (χ1n) is 10.5. The standard InChI is InChI=1S/C25H19ClF3N3O2S/c26-18-9-11-19(12-10-18)30-22(33)14-21-23(34)32(20-8-4-7-17(13-20)25(27,28)29)24(35)31(21)15-16-5-2-1-3-6-16/h1-13,21H,14-15H2,(H,30,33). The van der Waals surface area contributed by atoms with Crippen LogP contribution in [0.2, 0.25) is 5.02 Å². The Labute approximate surface area is 210 Å². The van der Waals surface area contributed by atoms with Gasteiger partial charge in [0.2, 0.25) is 5.91 Å². The Morgan fingerprint density at radius 2 is 1.69 bits per heavy atom. The smallest absolute Gasteiger partial charge is 0.332 e. The van der Waals surface area contributed by atoms with Crippen LogP contribution in [-0.2, 0) is 22.3 Å².